The first-order valence-electron chi connectivity index (χ1n) is 5.58. The molecule has 0 aliphatic heterocycles. The van der Waals surface area contributed by atoms with Gasteiger partial charge < -0.3 is 14.8 Å². The number of benzene rings is 1. The maximum absolute atomic E-state index is 5.49. The Kier molecular flexibility index (Phi) is 5.93. The molecule has 0 radical (unpaired) electrons. The van der Waals surface area contributed by atoms with Crippen LogP contribution in [0.2, 0.25) is 0 Å². The summed E-state index contributed by atoms with van der Waals surface area (Å²) >= 11 is 4.93. The van der Waals surface area contributed by atoms with Gasteiger partial charge >= 0.3 is 0 Å². The molecule has 3 N–H and O–H groups in total. The molecular formula is C12H18N3O2S+. The quantitative estimate of drug-likeness (QED) is 0.385. The van der Waals surface area contributed by atoms with E-state index in [1.165, 1.54) is 0 Å². The van der Waals surface area contributed by atoms with Crippen molar-refractivity contribution in [2.24, 2.45) is 0 Å². The van der Waals surface area contributed by atoms with Gasteiger partial charge in [0.1, 0.15) is 0 Å². The lowest BCUT2D eigenvalue weighted by Crippen LogP contribution is -2.82. The average molecular weight is 268 g/mol. The first kappa shape index (κ1) is 14.2. The zero-order chi connectivity index (χ0) is 13.4. The molecule has 0 unspecified atom stereocenters. The molecule has 6 heteroatoms. The van der Waals surface area contributed by atoms with Crippen LogP contribution >= 0.6 is 12.2 Å². The van der Waals surface area contributed by atoms with Crippen LogP contribution in [-0.2, 0) is 0 Å². The van der Waals surface area contributed by atoms with E-state index >= 15 is 0 Å². The summed E-state index contributed by atoms with van der Waals surface area (Å²) in [5, 5.41) is 6.20. The topological polar surface area (TPSA) is 56.5 Å². The van der Waals surface area contributed by atoms with Gasteiger partial charge in [-0.05, 0) is 37.3 Å². The molecule has 0 saturated carbocycles. The Morgan fingerprint density at radius 2 is 2.22 bits per heavy atom. The van der Waals surface area contributed by atoms with Crippen molar-refractivity contribution in [3.8, 4) is 11.5 Å². The molecule has 0 atom stereocenters. The zero-order valence-electron chi connectivity index (χ0n) is 10.7. The molecule has 0 fully saturated rings. The first-order valence-corrected chi connectivity index (χ1v) is 5.99. The van der Waals surface area contributed by atoms with Gasteiger partial charge in [0.2, 0.25) is 5.11 Å². The van der Waals surface area contributed by atoms with E-state index in [9.17, 15) is 0 Å². The Bertz CT molecular complexity index is 435. The number of rotatable bonds is 5. The Morgan fingerprint density at radius 1 is 1.44 bits per heavy atom. The molecule has 0 saturated heterocycles. The van der Waals surface area contributed by atoms with Crippen molar-refractivity contribution in [2.45, 2.75) is 6.92 Å². The smallest absolute Gasteiger partial charge is 0.223 e. The normalized spacial score (nSPS) is 10.2. The van der Waals surface area contributed by atoms with Crippen LogP contribution in [0.3, 0.4) is 0 Å². The van der Waals surface area contributed by atoms with E-state index in [0.29, 0.717) is 23.2 Å². The maximum Gasteiger partial charge on any atom is 0.223 e. The lowest BCUT2D eigenvalue weighted by Gasteiger charge is -2.08. The van der Waals surface area contributed by atoms with Crippen molar-refractivity contribution < 1.29 is 14.6 Å². The summed E-state index contributed by atoms with van der Waals surface area (Å²) < 4.78 is 10.7. The number of hydrazone groups is 1. The van der Waals surface area contributed by atoms with E-state index < -0.39 is 0 Å². The second kappa shape index (κ2) is 7.50. The van der Waals surface area contributed by atoms with Crippen molar-refractivity contribution in [1.82, 2.24) is 10.7 Å². The van der Waals surface area contributed by atoms with E-state index in [-0.39, 0.29) is 0 Å². The predicted molar refractivity (Wildman–Crippen MR) is 75.1 cm³/mol. The number of hydrazine groups is 1. The van der Waals surface area contributed by atoms with Crippen molar-refractivity contribution >= 4 is 23.5 Å². The van der Waals surface area contributed by atoms with E-state index in [2.05, 4.69) is 15.8 Å². The number of nitrogens with one attached hydrogen (secondary N) is 3. The second-order valence-electron chi connectivity index (χ2n) is 3.34. The van der Waals surface area contributed by atoms with Crippen LogP contribution in [-0.4, -0.2) is 32.1 Å². The van der Waals surface area contributed by atoms with Crippen molar-refractivity contribution in [3.05, 3.63) is 23.8 Å². The minimum absolute atomic E-state index is 0.518. The second-order valence-corrected chi connectivity index (χ2v) is 3.74. The van der Waals surface area contributed by atoms with Crippen LogP contribution in [0.4, 0.5) is 0 Å². The molecule has 0 aliphatic rings. The van der Waals surface area contributed by atoms with Gasteiger partial charge in [0, 0.05) is 12.6 Å². The van der Waals surface area contributed by atoms with Gasteiger partial charge in [0.15, 0.2) is 17.7 Å². The van der Waals surface area contributed by atoms with Gasteiger partial charge in [-0.15, -0.1) is 10.5 Å². The molecule has 18 heavy (non-hydrogen) atoms. The molecule has 0 aromatic heterocycles. The lowest BCUT2D eigenvalue weighted by atomic mass is 10.2. The summed E-state index contributed by atoms with van der Waals surface area (Å²) in [5.74, 6) is 1.43. The third-order valence-corrected chi connectivity index (χ3v) is 2.45. The summed E-state index contributed by atoms with van der Waals surface area (Å²) in [7, 11) is 3.37. The molecule has 5 nitrogen and oxygen atoms in total. The van der Waals surface area contributed by atoms with E-state index in [4.69, 9.17) is 21.7 Å². The molecule has 0 amide bonds. The van der Waals surface area contributed by atoms with Gasteiger partial charge in [-0.3, -0.25) is 0 Å². The van der Waals surface area contributed by atoms with Crippen LogP contribution in [0.15, 0.2) is 18.2 Å². The van der Waals surface area contributed by atoms with Gasteiger partial charge in [-0.1, -0.05) is 0 Å². The Morgan fingerprint density at radius 3 is 2.83 bits per heavy atom. The number of hydrogen-bond donors (Lipinski definition) is 3. The van der Waals surface area contributed by atoms with Crippen LogP contribution in [0.1, 0.15) is 12.5 Å². The summed E-state index contributed by atoms with van der Waals surface area (Å²) in [5.41, 5.74) is 3.75. The van der Waals surface area contributed by atoms with Crippen molar-refractivity contribution in [1.29, 1.82) is 0 Å². The van der Waals surface area contributed by atoms with Gasteiger partial charge in [-0.2, -0.15) is 0 Å². The molecule has 0 spiro atoms. The van der Waals surface area contributed by atoms with Gasteiger partial charge in [0.25, 0.3) is 0 Å². The molecule has 1 aromatic carbocycles. The van der Waals surface area contributed by atoms with E-state index in [1.54, 1.807) is 20.4 Å². The van der Waals surface area contributed by atoms with Crippen LogP contribution in [0.5, 0.6) is 11.5 Å². The van der Waals surface area contributed by atoms with Gasteiger partial charge in [0.05, 0.1) is 13.7 Å². The largest absolute Gasteiger partial charge is 0.493 e. The Labute approximate surface area is 112 Å². The summed E-state index contributed by atoms with van der Waals surface area (Å²) in [4.78, 5) is 0. The fourth-order valence-corrected chi connectivity index (χ4v) is 1.36. The third kappa shape index (κ3) is 4.21. The van der Waals surface area contributed by atoms with Gasteiger partial charge in [-0.25, -0.2) is 0 Å². The number of ether oxygens (including phenoxy) is 2. The lowest BCUT2D eigenvalue weighted by molar-refractivity contribution is -0.500. The number of hydrogen-bond acceptors (Lipinski definition) is 3. The number of methoxy groups -OCH3 is 1. The highest BCUT2D eigenvalue weighted by Gasteiger charge is 2.05. The monoisotopic (exact) mass is 268 g/mol. The summed E-state index contributed by atoms with van der Waals surface area (Å²) in [6, 6.07) is 5.66. The predicted octanol–water partition coefficient (Wildman–Crippen LogP) is -0.398. The fourth-order valence-electron chi connectivity index (χ4n) is 1.30. The van der Waals surface area contributed by atoms with E-state index in [1.807, 2.05) is 25.1 Å². The highest BCUT2D eigenvalue weighted by molar-refractivity contribution is 7.80. The van der Waals surface area contributed by atoms with Crippen LogP contribution in [0.25, 0.3) is 0 Å². The van der Waals surface area contributed by atoms with Crippen molar-refractivity contribution in [2.75, 3.05) is 20.8 Å². The third-order valence-electron chi connectivity index (χ3n) is 2.14. The standard InChI is InChI=1S/C12H17N3O2S/c1-4-17-11-7-9(5-6-10(11)16-3)8-14-15-12(18)13-2/h5-8H,4H2,1-3H3,(H2,13,15,18)/p+1. The minimum atomic E-state index is 0.518. The van der Waals surface area contributed by atoms with E-state index in [0.717, 1.165) is 5.56 Å². The molecule has 0 heterocycles. The van der Waals surface area contributed by atoms with Crippen molar-refractivity contribution in [3.63, 3.8) is 0 Å². The molecule has 0 bridgehead atoms. The molecule has 1 rings (SSSR count). The Hall–Kier alpha value is -1.82. The Balaban J connectivity index is 2.77. The molecule has 1 aromatic rings. The first-order chi connectivity index (χ1) is 8.71. The summed E-state index contributed by atoms with van der Waals surface area (Å²) in [6.45, 7) is 2.52. The SMILES string of the molecule is CCOc1cc(C=[NH+]NC(=S)NC)ccc1OC. The minimum Gasteiger partial charge on any atom is -0.493 e. The average Bonchev–Trinajstić information content (AvgIpc) is 2.39. The zero-order valence-corrected chi connectivity index (χ0v) is 11.6. The molecule has 98 valence electrons. The summed E-state index contributed by atoms with van der Waals surface area (Å²) in [6.07, 6.45) is 1.78. The van der Waals surface area contributed by atoms with Crippen LogP contribution < -0.4 is 25.3 Å². The highest BCUT2D eigenvalue weighted by Crippen LogP contribution is 2.27. The molecular weight excluding hydrogens is 250 g/mol. The molecule has 0 aliphatic carbocycles. The maximum atomic E-state index is 5.49. The highest BCUT2D eigenvalue weighted by atomic mass is 32.1. The fraction of sp³-hybridized carbons (Fsp3) is 0.333. The van der Waals surface area contributed by atoms with Crippen LogP contribution in [0, 0.1) is 0 Å². The number of thiocarbonyl (C=S) groups is 1.